The Balaban J connectivity index is 0.000000204. The molecule has 6 N–H and O–H groups in total. The first kappa shape index (κ1) is 57.9. The third kappa shape index (κ3) is 13.8. The molecule has 19 nitrogen and oxygen atoms in total. The van der Waals surface area contributed by atoms with Gasteiger partial charge in [0.05, 0.1) is 57.4 Å². The summed E-state index contributed by atoms with van der Waals surface area (Å²) in [6.45, 7) is 0.755. The van der Waals surface area contributed by atoms with Crippen LogP contribution in [0.25, 0.3) is 11.1 Å². The summed E-state index contributed by atoms with van der Waals surface area (Å²) < 4.78 is 83.5. The number of nitriles is 2. The van der Waals surface area contributed by atoms with Crippen LogP contribution in [0.2, 0.25) is 0 Å². The summed E-state index contributed by atoms with van der Waals surface area (Å²) in [7, 11) is -7.45. The second-order valence-electron chi connectivity index (χ2n) is 14.8. The van der Waals surface area contributed by atoms with Crippen molar-refractivity contribution in [3.8, 4) is 23.3 Å². The van der Waals surface area contributed by atoms with Crippen LogP contribution in [0, 0.1) is 22.7 Å². The number of nitrogens with zero attached hydrogens (tertiary/aromatic N) is 7. The van der Waals surface area contributed by atoms with Crippen LogP contribution in [0.3, 0.4) is 0 Å². The summed E-state index contributed by atoms with van der Waals surface area (Å²) in [5.74, 6) is 0. The minimum absolute atomic E-state index is 0.0262. The van der Waals surface area contributed by atoms with Gasteiger partial charge in [0, 0.05) is 67.4 Å². The summed E-state index contributed by atoms with van der Waals surface area (Å²) in [6.07, 6.45) is 1.72. The first-order valence-corrected chi connectivity index (χ1v) is 28.3. The maximum atomic E-state index is 12.5. The number of nitrogens with one attached hydrogen (secondary N) is 1. The summed E-state index contributed by atoms with van der Waals surface area (Å²) in [6, 6.07) is 33.5. The van der Waals surface area contributed by atoms with Crippen molar-refractivity contribution in [2.75, 3.05) is 84.7 Å². The molecule has 3 heterocycles. The van der Waals surface area contributed by atoms with Gasteiger partial charge in [0.25, 0.3) is 0 Å². The number of alkyl halides is 1. The first-order valence-electron chi connectivity index (χ1n) is 20.9. The van der Waals surface area contributed by atoms with Gasteiger partial charge < -0.3 is 25.4 Å². The molecule has 0 unspecified atom stereocenters. The van der Waals surface area contributed by atoms with E-state index in [0.29, 0.717) is 64.7 Å². The monoisotopic (exact) mass is 1260 g/mol. The molecule has 0 spiro atoms. The van der Waals surface area contributed by atoms with Gasteiger partial charge in [-0.25, -0.2) is 0 Å². The second-order valence-corrected chi connectivity index (χ2v) is 23.2. The lowest BCUT2D eigenvalue weighted by Crippen LogP contribution is -2.36. The molecule has 374 valence electrons. The Morgan fingerprint density at radius 3 is 1.56 bits per heavy atom. The van der Waals surface area contributed by atoms with Crippen molar-refractivity contribution in [1.82, 2.24) is 0 Å². The van der Waals surface area contributed by atoms with E-state index in [1.807, 2.05) is 24.3 Å². The molecule has 26 heteroatoms. The van der Waals surface area contributed by atoms with Crippen LogP contribution in [-0.2, 0) is 30.6 Å². The van der Waals surface area contributed by atoms with Gasteiger partial charge in [-0.05, 0) is 96.5 Å². The Morgan fingerprint density at radius 1 is 0.600 bits per heavy atom. The zero-order chi connectivity index (χ0) is 52.0. The average molecular weight is 1260 g/mol. The van der Waals surface area contributed by atoms with Gasteiger partial charge in [-0.2, -0.15) is 35.8 Å². The largest absolute Gasteiger partial charge is 0.489 e. The predicted molar refractivity (Wildman–Crippen MR) is 290 cm³/mol. The number of hydrogen-bond donors (Lipinski definition) is 6. The Hall–Kier alpha value is -4.72. The topological polar surface area (TPSA) is 279 Å². The number of fused-ring (bicyclic) bond motifs is 3. The predicted octanol–water partition coefficient (Wildman–Crippen LogP) is 5.04. The SMILES string of the molecule is CN1c2cc(-c3ccccc3C#N)ccc2N(CCCO)S1(=O)=O.CN1c2cc(Br)ccc2N(CCCO)S1(=O)=O.CN1c2cc(Br)ccc2NS1(=O)=O.N#Cc1ccccc1B(O)O.OCCCI. The number of benzene rings is 5. The lowest BCUT2D eigenvalue weighted by molar-refractivity contribution is 0.291. The normalized spacial score (nSPS) is 14.8. The molecule has 5 aromatic rings. The highest BCUT2D eigenvalue weighted by atomic mass is 127. The molecule has 3 aliphatic heterocycles. The zero-order valence-electron chi connectivity index (χ0n) is 37.9. The van der Waals surface area contributed by atoms with E-state index >= 15 is 0 Å². The molecular weight excluding hydrogens is 1210 g/mol. The molecule has 3 aliphatic rings. The van der Waals surface area contributed by atoms with E-state index in [0.717, 1.165) is 30.9 Å². The van der Waals surface area contributed by atoms with Crippen LogP contribution < -0.4 is 31.7 Å². The maximum absolute atomic E-state index is 12.5. The molecule has 0 fully saturated rings. The molecule has 0 saturated carbocycles. The van der Waals surface area contributed by atoms with E-state index in [-0.39, 0.29) is 31.8 Å². The molecular formula is C44H50BBr2IN8O11S3. The summed E-state index contributed by atoms with van der Waals surface area (Å²) in [5.41, 5.74) is 6.37. The minimum Gasteiger partial charge on any atom is -0.423 e. The van der Waals surface area contributed by atoms with Crippen LogP contribution in [0.1, 0.15) is 30.4 Å². The fourth-order valence-electron chi connectivity index (χ4n) is 6.71. The second kappa shape index (κ2) is 26.1. The van der Waals surface area contributed by atoms with E-state index in [1.54, 1.807) is 72.8 Å². The van der Waals surface area contributed by atoms with Crippen LogP contribution in [0.5, 0.6) is 0 Å². The highest BCUT2D eigenvalue weighted by molar-refractivity contribution is 14.1. The quantitative estimate of drug-likeness (QED) is 0.0609. The van der Waals surface area contributed by atoms with Crippen molar-refractivity contribution in [2.24, 2.45) is 0 Å². The summed E-state index contributed by atoms with van der Waals surface area (Å²) in [5, 5.41) is 61.1. The average Bonchev–Trinajstić information content (AvgIpc) is 3.78. The Labute approximate surface area is 439 Å². The highest BCUT2D eigenvalue weighted by Gasteiger charge is 2.39. The standard InChI is InChI=1S/C17H17N3O3S.C10H13BrN2O3S.C7H6BNO2.C7H7BrN2O2S.C3H7IO/c1-19-17-11-13(15-6-3-2-5-14(15)12-18)7-8-16(17)20(9-4-10-21)24(19,22)23;1-12-10-7-8(11)3-4-9(10)13(5-2-6-14)17(12,15)16;9-5-6-3-1-2-4-7(6)8(10)11;1-10-7-4-5(8)2-3-6(7)9-13(10,11)12;4-2-1-3-5/h2-3,5-8,11,21H,4,9-10H2,1H3;3-4,7,14H,2,5-6H2,1H3;1-4,10-11H;2-4,9H,1H3;5H,1-3H2. The van der Waals surface area contributed by atoms with Crippen LogP contribution in [0.4, 0.5) is 34.1 Å². The van der Waals surface area contributed by atoms with Crippen molar-refractivity contribution < 1.29 is 50.6 Å². The third-order valence-electron chi connectivity index (χ3n) is 10.3. The van der Waals surface area contributed by atoms with E-state index in [1.165, 1.54) is 54.8 Å². The Morgan fingerprint density at radius 2 is 1.07 bits per heavy atom. The molecule has 0 aliphatic carbocycles. The van der Waals surface area contributed by atoms with Crippen LogP contribution >= 0.6 is 54.5 Å². The zero-order valence-corrected chi connectivity index (χ0v) is 45.7. The van der Waals surface area contributed by atoms with Crippen LogP contribution in [-0.4, -0.2) is 116 Å². The van der Waals surface area contributed by atoms with E-state index in [2.05, 4.69) is 65.2 Å². The highest BCUT2D eigenvalue weighted by Crippen LogP contribution is 2.43. The molecule has 0 saturated heterocycles. The van der Waals surface area contributed by atoms with Gasteiger partial charge in [0.1, 0.15) is 0 Å². The molecule has 0 aromatic heterocycles. The third-order valence-corrected chi connectivity index (χ3v) is 17.1. The number of aliphatic hydroxyl groups excluding tert-OH is 3. The van der Waals surface area contributed by atoms with E-state index in [9.17, 15) is 30.5 Å². The fraction of sp³-hybridized carbons (Fsp3) is 0.273. The fourth-order valence-corrected chi connectivity index (χ4v) is 11.7. The molecule has 0 radical (unpaired) electrons. The number of rotatable bonds is 10. The molecule has 0 bridgehead atoms. The summed E-state index contributed by atoms with van der Waals surface area (Å²) in [4.78, 5) is 0. The molecule has 5 aromatic carbocycles. The van der Waals surface area contributed by atoms with Crippen molar-refractivity contribution >= 4 is 132 Å². The van der Waals surface area contributed by atoms with Crippen molar-refractivity contribution in [3.63, 3.8) is 0 Å². The van der Waals surface area contributed by atoms with Gasteiger partial charge in [-0.15, -0.1) is 0 Å². The number of aliphatic hydroxyl groups is 3. The molecule has 0 atom stereocenters. The first-order chi connectivity index (χ1) is 33.2. The van der Waals surface area contributed by atoms with Gasteiger partial charge in [-0.1, -0.05) is 96.9 Å². The van der Waals surface area contributed by atoms with Gasteiger partial charge in [0.15, 0.2) is 0 Å². The molecule has 8 rings (SSSR count). The Kier molecular flexibility index (Phi) is 21.6. The van der Waals surface area contributed by atoms with Crippen molar-refractivity contribution in [1.29, 1.82) is 10.5 Å². The lowest BCUT2D eigenvalue weighted by atomic mass is 9.77. The maximum Gasteiger partial charge on any atom is 0.489 e. The van der Waals surface area contributed by atoms with Crippen LogP contribution in [0.15, 0.2) is 112 Å². The number of anilines is 6. The number of halogens is 3. The number of hydrogen-bond acceptors (Lipinski definition) is 13. The molecule has 70 heavy (non-hydrogen) atoms. The van der Waals surface area contributed by atoms with E-state index < -0.39 is 37.7 Å². The molecule has 0 amide bonds. The minimum atomic E-state index is -3.62. The van der Waals surface area contributed by atoms with Crippen molar-refractivity contribution in [3.05, 3.63) is 123 Å². The van der Waals surface area contributed by atoms with Gasteiger partial charge >= 0.3 is 37.7 Å². The van der Waals surface area contributed by atoms with E-state index in [4.69, 9.17) is 30.6 Å². The summed E-state index contributed by atoms with van der Waals surface area (Å²) >= 11 is 8.83. The smallest absolute Gasteiger partial charge is 0.423 e. The van der Waals surface area contributed by atoms with Gasteiger partial charge in [-0.3, -0.25) is 26.2 Å². The van der Waals surface area contributed by atoms with Crippen molar-refractivity contribution in [2.45, 2.75) is 19.3 Å². The Bertz CT molecular complexity index is 3040. The lowest BCUT2D eigenvalue weighted by Gasteiger charge is -2.18. The van der Waals surface area contributed by atoms with Gasteiger partial charge in [0.2, 0.25) is 0 Å².